The second-order valence-corrected chi connectivity index (χ2v) is 13.3. The largest absolute Gasteiger partial charge is 0.324 e. The van der Waals surface area contributed by atoms with E-state index in [-0.39, 0.29) is 29.1 Å². The number of anilines is 2. The van der Waals surface area contributed by atoms with Crippen LogP contribution in [0, 0.1) is 5.82 Å². The van der Waals surface area contributed by atoms with E-state index < -0.39 is 15.5 Å². The Morgan fingerprint density at radius 3 is 2.77 bits per heavy atom. The van der Waals surface area contributed by atoms with Gasteiger partial charge in [0.1, 0.15) is 5.39 Å². The van der Waals surface area contributed by atoms with Crippen molar-refractivity contribution in [2.75, 3.05) is 31.4 Å². The Bertz CT molecular complexity index is 1840. The summed E-state index contributed by atoms with van der Waals surface area (Å²) >= 11 is 0. The van der Waals surface area contributed by atoms with Crippen LogP contribution in [0.4, 0.5) is 21.8 Å². The van der Waals surface area contributed by atoms with Gasteiger partial charge in [-0.1, -0.05) is 6.08 Å². The van der Waals surface area contributed by atoms with E-state index in [2.05, 4.69) is 50.3 Å². The number of fused-ring (bicyclic) bond motifs is 2. The smallest absolute Gasteiger partial charge is 0.278 e. The molecule has 4 heterocycles. The van der Waals surface area contributed by atoms with Crippen molar-refractivity contribution >= 4 is 38.2 Å². The minimum Gasteiger partial charge on any atom is -0.324 e. The Labute approximate surface area is 231 Å². The van der Waals surface area contributed by atoms with E-state index in [0.29, 0.717) is 17.5 Å². The predicted molar refractivity (Wildman–Crippen MR) is 155 cm³/mol. The Morgan fingerprint density at radius 2 is 2.05 bits per heavy atom. The van der Waals surface area contributed by atoms with E-state index in [9.17, 15) is 13.4 Å². The summed E-state index contributed by atoms with van der Waals surface area (Å²) < 4.78 is 33.6. The van der Waals surface area contributed by atoms with Crippen molar-refractivity contribution in [3.05, 3.63) is 76.0 Å². The van der Waals surface area contributed by atoms with Gasteiger partial charge in [0.2, 0.25) is 5.95 Å². The van der Waals surface area contributed by atoms with Crippen LogP contribution in [-0.2, 0) is 29.2 Å². The van der Waals surface area contributed by atoms with Crippen molar-refractivity contribution in [3.63, 3.8) is 0 Å². The van der Waals surface area contributed by atoms with Gasteiger partial charge in [0.25, 0.3) is 5.56 Å². The molecule has 6 rings (SSSR count). The zero-order valence-corrected chi connectivity index (χ0v) is 23.5. The molecule has 208 valence electrons. The summed E-state index contributed by atoms with van der Waals surface area (Å²) in [5.41, 5.74) is 5.03. The highest BCUT2D eigenvalue weighted by Gasteiger charge is 2.29. The van der Waals surface area contributed by atoms with Gasteiger partial charge in [0.15, 0.2) is 23.1 Å². The van der Waals surface area contributed by atoms with E-state index in [1.807, 2.05) is 0 Å². The summed E-state index contributed by atoms with van der Waals surface area (Å²) in [4.78, 5) is 29.1. The van der Waals surface area contributed by atoms with Crippen LogP contribution in [0.25, 0.3) is 16.9 Å². The lowest BCUT2D eigenvalue weighted by Crippen LogP contribution is -2.27. The van der Waals surface area contributed by atoms with Crippen molar-refractivity contribution in [1.29, 1.82) is 0 Å². The van der Waals surface area contributed by atoms with E-state index in [1.165, 1.54) is 69.7 Å². The summed E-state index contributed by atoms with van der Waals surface area (Å²) in [6.07, 6.45) is 9.33. The standard InChI is InChI=1S/C28H31FN8O2S/c1-5-11-36-27(38)22-15-30-28(31-19-13-18-16-35(2)12-10-20(18)21(14-19)17-6-7-17)33-26(22)37(36)24-9-8-23(29)25(32-24)34-40(3,4)39/h5,8-9,13-15,17H,1,6-7,10-12,16H2,2-4H3,(H,30,31,33). The van der Waals surface area contributed by atoms with Crippen molar-refractivity contribution in [1.82, 2.24) is 29.2 Å². The molecule has 1 saturated carbocycles. The third-order valence-electron chi connectivity index (χ3n) is 7.15. The molecule has 0 radical (unpaired) electrons. The van der Waals surface area contributed by atoms with Crippen molar-refractivity contribution in [3.8, 4) is 5.82 Å². The molecule has 0 amide bonds. The molecule has 1 aromatic carbocycles. The number of pyridine rings is 1. The van der Waals surface area contributed by atoms with E-state index in [0.717, 1.165) is 25.2 Å². The first kappa shape index (κ1) is 26.3. The van der Waals surface area contributed by atoms with Gasteiger partial charge in [-0.05, 0) is 73.2 Å². The molecule has 0 saturated heterocycles. The molecule has 0 unspecified atom stereocenters. The van der Waals surface area contributed by atoms with Crippen LogP contribution < -0.4 is 10.9 Å². The first-order valence-electron chi connectivity index (χ1n) is 13.2. The van der Waals surface area contributed by atoms with Crippen LogP contribution in [-0.4, -0.2) is 59.5 Å². The maximum atomic E-state index is 14.5. The monoisotopic (exact) mass is 562 g/mol. The average molecular weight is 563 g/mol. The highest BCUT2D eigenvalue weighted by atomic mass is 32.2. The van der Waals surface area contributed by atoms with Gasteiger partial charge in [0.05, 0.1) is 6.54 Å². The number of hydrogen-bond acceptors (Lipinski definition) is 8. The minimum absolute atomic E-state index is 0.158. The number of rotatable bonds is 7. The summed E-state index contributed by atoms with van der Waals surface area (Å²) in [5.74, 6) is 0.113. The number of aromatic nitrogens is 5. The van der Waals surface area contributed by atoms with E-state index in [1.54, 1.807) is 6.08 Å². The molecule has 1 fully saturated rings. The molecule has 40 heavy (non-hydrogen) atoms. The van der Waals surface area contributed by atoms with Crippen LogP contribution >= 0.6 is 0 Å². The first-order valence-corrected chi connectivity index (χ1v) is 15.5. The molecule has 1 aliphatic carbocycles. The minimum atomic E-state index is -2.67. The molecule has 12 heteroatoms. The first-order chi connectivity index (χ1) is 19.1. The van der Waals surface area contributed by atoms with Crippen LogP contribution in [0.3, 0.4) is 0 Å². The van der Waals surface area contributed by atoms with Gasteiger partial charge < -0.3 is 10.2 Å². The fourth-order valence-corrected chi connectivity index (χ4v) is 5.80. The Balaban J connectivity index is 1.47. The fraction of sp³-hybridized carbons (Fsp3) is 0.357. The molecule has 10 nitrogen and oxygen atoms in total. The number of halogens is 1. The lowest BCUT2D eigenvalue weighted by atomic mass is 9.91. The Kier molecular flexibility index (Phi) is 6.54. The molecule has 2 aliphatic rings. The predicted octanol–water partition coefficient (Wildman–Crippen LogP) is 4.27. The number of nitrogens with one attached hydrogen (secondary N) is 1. The SMILES string of the molecule is C=CCn1c(=O)c2cnc(Nc3cc4c(c(C5CC5)c3)CCN(C)C4)nc2n1-c1ccc(F)c(N=S(C)(C)=O)n1. The molecule has 3 aromatic heterocycles. The van der Waals surface area contributed by atoms with Crippen molar-refractivity contribution in [2.45, 2.75) is 38.3 Å². The third-order valence-corrected chi connectivity index (χ3v) is 7.76. The van der Waals surface area contributed by atoms with Crippen LogP contribution in [0.2, 0.25) is 0 Å². The average Bonchev–Trinajstić information content (AvgIpc) is 3.70. The number of nitrogens with zero attached hydrogens (tertiary/aromatic N) is 7. The van der Waals surface area contributed by atoms with Gasteiger partial charge >= 0.3 is 0 Å². The third kappa shape index (κ3) is 5.04. The summed E-state index contributed by atoms with van der Waals surface area (Å²) in [5, 5.41) is 3.63. The molecular formula is C28H31FN8O2S. The van der Waals surface area contributed by atoms with Gasteiger partial charge in [0, 0.05) is 47.2 Å². The van der Waals surface area contributed by atoms with Gasteiger partial charge in [-0.15, -0.1) is 6.58 Å². The lowest BCUT2D eigenvalue weighted by Gasteiger charge is -2.28. The normalized spacial score (nSPS) is 15.7. The van der Waals surface area contributed by atoms with Crippen LogP contribution in [0.1, 0.15) is 35.4 Å². The second-order valence-electron chi connectivity index (χ2n) is 10.8. The maximum Gasteiger partial charge on any atom is 0.278 e. The highest BCUT2D eigenvalue weighted by molar-refractivity contribution is 7.92. The maximum absolute atomic E-state index is 14.5. The summed E-state index contributed by atoms with van der Waals surface area (Å²) in [6, 6.07) is 6.97. The van der Waals surface area contributed by atoms with E-state index >= 15 is 0 Å². The summed E-state index contributed by atoms with van der Waals surface area (Å²) in [7, 11) is -0.543. The quantitative estimate of drug-likeness (QED) is 0.335. The molecular weight excluding hydrogens is 531 g/mol. The van der Waals surface area contributed by atoms with Gasteiger partial charge in [-0.25, -0.2) is 27.9 Å². The zero-order chi connectivity index (χ0) is 28.2. The number of benzene rings is 1. The fourth-order valence-electron chi connectivity index (χ4n) is 5.26. The Morgan fingerprint density at radius 1 is 1.25 bits per heavy atom. The number of allylic oxidation sites excluding steroid dienone is 1. The van der Waals surface area contributed by atoms with Crippen molar-refractivity contribution in [2.24, 2.45) is 4.36 Å². The molecule has 4 aromatic rings. The topological polar surface area (TPSA) is 110 Å². The molecule has 0 spiro atoms. The number of likely N-dealkylation sites (N-methyl/N-ethyl adjacent to an activating group) is 1. The van der Waals surface area contributed by atoms with Crippen LogP contribution in [0.15, 0.2) is 52.3 Å². The van der Waals surface area contributed by atoms with E-state index in [4.69, 9.17) is 4.98 Å². The zero-order valence-electron chi connectivity index (χ0n) is 22.7. The molecule has 1 aliphatic heterocycles. The molecule has 0 atom stereocenters. The van der Waals surface area contributed by atoms with Gasteiger partial charge in [-0.2, -0.15) is 9.35 Å². The molecule has 0 bridgehead atoms. The molecule has 1 N–H and O–H groups in total. The highest BCUT2D eigenvalue weighted by Crippen LogP contribution is 2.44. The number of hydrogen-bond donors (Lipinski definition) is 1. The van der Waals surface area contributed by atoms with Crippen molar-refractivity contribution < 1.29 is 8.60 Å². The van der Waals surface area contributed by atoms with Crippen LogP contribution in [0.5, 0.6) is 0 Å². The summed E-state index contributed by atoms with van der Waals surface area (Å²) in [6.45, 7) is 5.86. The second kappa shape index (κ2) is 9.93. The lowest BCUT2D eigenvalue weighted by molar-refractivity contribution is 0.312. The van der Waals surface area contributed by atoms with Gasteiger partial charge in [-0.3, -0.25) is 4.79 Å². The Hall–Kier alpha value is -3.90.